The van der Waals surface area contributed by atoms with E-state index in [-0.39, 0.29) is 10.7 Å². The molecule has 0 unspecified atom stereocenters. The van der Waals surface area contributed by atoms with Crippen molar-refractivity contribution in [3.8, 4) is 0 Å². The molecule has 21 nitrogen and oxygen atoms in total. The molecule has 4 aliphatic heterocycles. The number of amides is 1. The number of hydrogen-bond donors (Lipinski definition) is 15. The van der Waals surface area contributed by atoms with Gasteiger partial charge in [-0.2, -0.15) is 0 Å². The van der Waals surface area contributed by atoms with Crippen LogP contribution in [0.2, 0.25) is 0 Å². The first-order valence-corrected chi connectivity index (χ1v) is 15.9. The first-order valence-electron chi connectivity index (χ1n) is 15.4. The topological polar surface area (TPSA) is 342 Å². The zero-order chi connectivity index (χ0) is 36.1. The Bertz CT molecular complexity index is 1240. The summed E-state index contributed by atoms with van der Waals surface area (Å²) < 4.78 is 28.1. The molecule has 4 fully saturated rings. The molecule has 5 rings (SSSR count). The van der Waals surface area contributed by atoms with Gasteiger partial charge in [-0.3, -0.25) is 10.1 Å². The van der Waals surface area contributed by atoms with Gasteiger partial charge in [0.15, 0.2) is 17.7 Å². The smallest absolute Gasteiger partial charge is 0.282 e. The number of thiocarbonyl (C=S) groups is 1. The SMILES string of the molecule is C[C@H]1O[C@H](O[C@H]2[C@H](O)[C@@H](O)[C@@H](OC[C@H]3O[C@@]4(NC(=S)NC4=O)[C@H](O)[C@@H](O)[C@@H]3O)O[C@@H]2CO)[C@H](O)[C@@H](O)[C@@H]1N[C@H]1C=C(CO)[C@@H](O)[C@H](O)[C@H]1O. The lowest BCUT2D eigenvalue weighted by Crippen LogP contribution is -2.72. The number of rotatable bonds is 9. The summed E-state index contributed by atoms with van der Waals surface area (Å²) >= 11 is 4.88. The van der Waals surface area contributed by atoms with Crippen molar-refractivity contribution in [1.29, 1.82) is 0 Å². The second-order valence-corrected chi connectivity index (χ2v) is 13.0. The van der Waals surface area contributed by atoms with Gasteiger partial charge in [0, 0.05) is 0 Å². The van der Waals surface area contributed by atoms with Gasteiger partial charge in [-0.25, -0.2) is 0 Å². The van der Waals surface area contributed by atoms with Crippen LogP contribution in [0.15, 0.2) is 11.6 Å². The minimum absolute atomic E-state index is 0.0173. The number of carbonyl (C=O) groups excluding carboxylic acids is 1. The molecule has 1 aliphatic carbocycles. The molecular weight excluding hydrogens is 686 g/mol. The first-order chi connectivity index (χ1) is 23.1. The zero-order valence-electron chi connectivity index (χ0n) is 25.8. The highest BCUT2D eigenvalue weighted by molar-refractivity contribution is 7.80. The molecule has 5 aliphatic rings. The van der Waals surface area contributed by atoms with Crippen LogP contribution in [0.1, 0.15) is 6.92 Å². The van der Waals surface area contributed by atoms with Gasteiger partial charge in [0.05, 0.1) is 38.0 Å². The van der Waals surface area contributed by atoms with E-state index in [4.69, 9.17) is 35.9 Å². The van der Waals surface area contributed by atoms with Gasteiger partial charge in [-0.05, 0) is 24.7 Å². The normalized spacial score (nSPS) is 50.6. The Morgan fingerprint density at radius 1 is 0.857 bits per heavy atom. The second kappa shape index (κ2) is 15.2. The van der Waals surface area contributed by atoms with Gasteiger partial charge in [0.2, 0.25) is 0 Å². The van der Waals surface area contributed by atoms with Crippen LogP contribution in [-0.4, -0.2) is 208 Å². The number of nitrogens with one attached hydrogen (secondary N) is 3. The summed E-state index contributed by atoms with van der Waals surface area (Å²) in [5, 5.41) is 132. The first kappa shape index (κ1) is 38.6. The van der Waals surface area contributed by atoms with Crippen LogP contribution in [0.5, 0.6) is 0 Å². The van der Waals surface area contributed by atoms with Crippen molar-refractivity contribution in [2.45, 2.75) is 123 Å². The van der Waals surface area contributed by atoms with Crippen molar-refractivity contribution >= 4 is 23.2 Å². The summed E-state index contributed by atoms with van der Waals surface area (Å²) in [6.07, 6.45) is -25.3. The molecule has 1 amide bonds. The molecule has 0 aromatic heterocycles. The Labute approximate surface area is 283 Å². The third-order valence-corrected chi connectivity index (χ3v) is 9.65. The van der Waals surface area contributed by atoms with E-state index in [9.17, 15) is 66.1 Å². The molecule has 15 N–H and O–H groups in total. The molecule has 0 bridgehead atoms. The average molecular weight is 730 g/mol. The summed E-state index contributed by atoms with van der Waals surface area (Å²) in [6.45, 7) is -0.664. The van der Waals surface area contributed by atoms with Crippen molar-refractivity contribution in [3.05, 3.63) is 11.6 Å². The van der Waals surface area contributed by atoms with E-state index in [0.29, 0.717) is 0 Å². The van der Waals surface area contributed by atoms with Gasteiger partial charge in [0.25, 0.3) is 11.6 Å². The predicted octanol–water partition coefficient (Wildman–Crippen LogP) is -9.18. The summed E-state index contributed by atoms with van der Waals surface area (Å²) in [7, 11) is 0. The predicted molar refractivity (Wildman–Crippen MR) is 158 cm³/mol. The molecule has 0 radical (unpaired) electrons. The molecular formula is C27H43N3O18S. The van der Waals surface area contributed by atoms with Crippen LogP contribution in [0.3, 0.4) is 0 Å². The second-order valence-electron chi connectivity index (χ2n) is 12.6. The third-order valence-electron chi connectivity index (χ3n) is 9.44. The Morgan fingerprint density at radius 3 is 2.14 bits per heavy atom. The van der Waals surface area contributed by atoms with Crippen molar-refractivity contribution in [3.63, 3.8) is 0 Å². The fourth-order valence-electron chi connectivity index (χ4n) is 6.54. The molecule has 22 heteroatoms. The van der Waals surface area contributed by atoms with Gasteiger partial charge >= 0.3 is 0 Å². The van der Waals surface area contributed by atoms with Crippen LogP contribution in [0, 0.1) is 0 Å². The monoisotopic (exact) mass is 729 g/mol. The fraction of sp³-hybridized carbons (Fsp3) is 0.852. The van der Waals surface area contributed by atoms with Crippen molar-refractivity contribution < 1.29 is 89.8 Å². The zero-order valence-corrected chi connectivity index (χ0v) is 26.6. The van der Waals surface area contributed by atoms with Crippen LogP contribution in [0.4, 0.5) is 0 Å². The van der Waals surface area contributed by atoms with E-state index in [2.05, 4.69) is 16.0 Å². The van der Waals surface area contributed by atoms with E-state index in [1.807, 2.05) is 0 Å². The van der Waals surface area contributed by atoms with Gasteiger partial charge < -0.3 is 95.6 Å². The highest BCUT2D eigenvalue weighted by Crippen LogP contribution is 2.33. The average Bonchev–Trinajstić information content (AvgIpc) is 3.36. The van der Waals surface area contributed by atoms with Gasteiger partial charge in [-0.15, -0.1) is 0 Å². The minimum Gasteiger partial charge on any atom is -0.394 e. The standard InChI is InChI=1S/C27H43N3O18S/c1-6-11(28-8-2-7(3-31)12(33)16(37)13(8)34)15(36)19(40)24(45-6)47-21-9(4-32)46-23(20(41)17(21)38)44-5-10-14(35)18(39)22(42)27(48-10)25(43)29-26(49)30-27/h2,6,8-24,28,31-42H,3-5H2,1H3,(H2,29,30,43,49)/t6-,8+,9-,10-,11-,12-,13+,14-,15+,16+,17-,18+,19-,20-,21-,22-,23+,24-,27+/m1/s1. The maximum atomic E-state index is 12.5. The van der Waals surface area contributed by atoms with Crippen molar-refractivity contribution in [2.75, 3.05) is 19.8 Å². The molecule has 0 saturated carbocycles. The number of aliphatic hydroxyl groups excluding tert-OH is 12. The number of ether oxygens (including phenoxy) is 5. The van der Waals surface area contributed by atoms with E-state index in [1.54, 1.807) is 0 Å². The third kappa shape index (κ3) is 7.11. The minimum atomic E-state index is -2.27. The van der Waals surface area contributed by atoms with Gasteiger partial charge in [0.1, 0.15) is 79.4 Å². The van der Waals surface area contributed by atoms with Crippen LogP contribution < -0.4 is 16.0 Å². The highest BCUT2D eigenvalue weighted by atomic mass is 32.1. The van der Waals surface area contributed by atoms with Crippen molar-refractivity contribution in [2.24, 2.45) is 0 Å². The Balaban J connectivity index is 1.21. The number of hydrogen-bond acceptors (Lipinski definition) is 20. The Morgan fingerprint density at radius 2 is 1.53 bits per heavy atom. The van der Waals surface area contributed by atoms with Crippen LogP contribution in [-0.2, 0) is 28.5 Å². The molecule has 19 atom stereocenters. The summed E-state index contributed by atoms with van der Waals surface area (Å²) in [4.78, 5) is 12.5. The molecule has 4 heterocycles. The van der Waals surface area contributed by atoms with Crippen molar-refractivity contribution in [1.82, 2.24) is 16.0 Å². The van der Waals surface area contributed by atoms with E-state index in [0.717, 1.165) is 0 Å². The quantitative estimate of drug-likeness (QED) is 0.0773. The summed E-state index contributed by atoms with van der Waals surface area (Å²) in [5.41, 5.74) is -2.25. The van der Waals surface area contributed by atoms with E-state index >= 15 is 0 Å². The molecule has 49 heavy (non-hydrogen) atoms. The van der Waals surface area contributed by atoms with E-state index < -0.39 is 142 Å². The highest BCUT2D eigenvalue weighted by Gasteiger charge is 2.61. The maximum absolute atomic E-state index is 12.5. The maximum Gasteiger partial charge on any atom is 0.282 e. The lowest BCUT2D eigenvalue weighted by atomic mass is 9.86. The Hall–Kier alpha value is -1.62. The number of carbonyl (C=O) groups is 1. The molecule has 1 spiro atoms. The number of aliphatic hydroxyl groups is 12. The fourth-order valence-corrected chi connectivity index (χ4v) is 6.79. The lowest BCUT2D eigenvalue weighted by molar-refractivity contribution is -0.355. The summed E-state index contributed by atoms with van der Waals surface area (Å²) in [5.74, 6) is -0.947. The molecule has 280 valence electrons. The molecule has 4 saturated heterocycles. The van der Waals surface area contributed by atoms with Gasteiger partial charge in [-0.1, -0.05) is 6.08 Å². The molecule has 0 aromatic rings. The molecule has 0 aromatic carbocycles. The summed E-state index contributed by atoms with van der Waals surface area (Å²) in [6, 6.07) is -2.19. The van der Waals surface area contributed by atoms with E-state index in [1.165, 1.54) is 13.0 Å². The van der Waals surface area contributed by atoms with Crippen LogP contribution >= 0.6 is 12.2 Å². The largest absolute Gasteiger partial charge is 0.394 e. The lowest BCUT2D eigenvalue weighted by Gasteiger charge is -2.48. The Kier molecular flexibility index (Phi) is 11.9. The van der Waals surface area contributed by atoms with Crippen LogP contribution in [0.25, 0.3) is 0 Å².